The zero-order valence-electron chi connectivity index (χ0n) is 10.4. The normalized spacial score (nSPS) is 41.9. The predicted octanol–water partition coefficient (Wildman–Crippen LogP) is 2.87. The summed E-state index contributed by atoms with van der Waals surface area (Å²) < 4.78 is 7.46. The van der Waals surface area contributed by atoms with Crippen LogP contribution in [0.3, 0.4) is 0 Å². The lowest BCUT2D eigenvalue weighted by Crippen LogP contribution is -2.57. The van der Waals surface area contributed by atoms with E-state index >= 15 is 0 Å². The van der Waals surface area contributed by atoms with Crippen LogP contribution >= 0.6 is 22.6 Å². The molecule has 3 unspecified atom stereocenters. The fourth-order valence-electron chi connectivity index (χ4n) is 4.07. The molecule has 4 aliphatic rings. The number of halogens is 1. The third-order valence-electron chi connectivity index (χ3n) is 4.98. The van der Waals surface area contributed by atoms with E-state index in [2.05, 4.69) is 51.8 Å². The number of fused-ring (bicyclic) bond motifs is 2. The van der Waals surface area contributed by atoms with E-state index in [9.17, 15) is 0 Å². The Kier molecular flexibility index (Phi) is 2.89. The van der Waals surface area contributed by atoms with Crippen LogP contribution in [0.4, 0.5) is 0 Å². The van der Waals surface area contributed by atoms with E-state index in [1.165, 1.54) is 35.1 Å². The number of hydrogen-bond donors (Lipinski definition) is 0. The molecule has 2 nitrogen and oxygen atoms in total. The molecule has 0 aromatic heterocycles. The maximum absolute atomic E-state index is 6.14. The van der Waals surface area contributed by atoms with E-state index < -0.39 is 0 Å². The van der Waals surface area contributed by atoms with Crippen LogP contribution in [-0.4, -0.2) is 36.7 Å². The quantitative estimate of drug-likeness (QED) is 0.719. The van der Waals surface area contributed by atoms with Gasteiger partial charge in [-0.05, 0) is 72.1 Å². The van der Waals surface area contributed by atoms with Gasteiger partial charge in [0, 0.05) is 15.5 Å². The Hall–Kier alpha value is -0.130. The molecule has 0 amide bonds. The van der Waals surface area contributed by atoms with Gasteiger partial charge in [-0.3, -0.25) is 4.90 Å². The largest absolute Gasteiger partial charge is 0.376 e. The number of benzene rings is 1. The monoisotopic (exact) mass is 355 g/mol. The van der Waals surface area contributed by atoms with Crippen molar-refractivity contribution in [2.45, 2.75) is 30.9 Å². The minimum absolute atomic E-state index is 0.511. The first-order chi connectivity index (χ1) is 8.83. The standard InChI is InChI=1S/C15H18INO/c16-12-3-1-10(2-4-12)13-9-18-15-11-5-7-17(8-6-11)14(13)15/h1-4,11,13-15H,5-9H2. The molecule has 0 spiro atoms. The van der Waals surface area contributed by atoms with Crippen LogP contribution in [0, 0.1) is 9.49 Å². The zero-order chi connectivity index (χ0) is 12.1. The summed E-state index contributed by atoms with van der Waals surface area (Å²) in [6.07, 6.45) is 3.21. The van der Waals surface area contributed by atoms with Crippen molar-refractivity contribution in [3.05, 3.63) is 33.4 Å². The van der Waals surface area contributed by atoms with Crippen LogP contribution in [0.15, 0.2) is 24.3 Å². The smallest absolute Gasteiger partial charge is 0.0766 e. The Morgan fingerprint density at radius 2 is 1.83 bits per heavy atom. The highest BCUT2D eigenvalue weighted by molar-refractivity contribution is 14.1. The van der Waals surface area contributed by atoms with Gasteiger partial charge in [0.1, 0.15) is 0 Å². The predicted molar refractivity (Wildman–Crippen MR) is 79.7 cm³/mol. The summed E-state index contributed by atoms with van der Waals surface area (Å²) >= 11 is 2.37. The van der Waals surface area contributed by atoms with Crippen LogP contribution < -0.4 is 0 Å². The molecule has 1 aromatic rings. The SMILES string of the molecule is Ic1ccc(C2COC3C4CCN(CC4)C23)cc1. The molecule has 0 N–H and O–H groups in total. The van der Waals surface area contributed by atoms with E-state index in [0.29, 0.717) is 18.1 Å². The van der Waals surface area contributed by atoms with Crippen LogP contribution in [0.25, 0.3) is 0 Å². The fraction of sp³-hybridized carbons (Fsp3) is 0.600. The van der Waals surface area contributed by atoms with E-state index in [1.807, 2.05) is 0 Å². The molecule has 3 heteroatoms. The third kappa shape index (κ3) is 1.74. The number of piperidine rings is 3. The van der Waals surface area contributed by atoms with Crippen LogP contribution in [0.1, 0.15) is 24.3 Å². The van der Waals surface area contributed by atoms with Crippen LogP contribution in [-0.2, 0) is 4.74 Å². The van der Waals surface area contributed by atoms with Gasteiger partial charge in [-0.15, -0.1) is 0 Å². The summed E-state index contributed by atoms with van der Waals surface area (Å²) in [6, 6.07) is 9.68. The van der Waals surface area contributed by atoms with Crippen molar-refractivity contribution in [3.8, 4) is 0 Å². The molecule has 1 aromatic carbocycles. The molecule has 0 saturated carbocycles. The minimum atomic E-state index is 0.511. The lowest BCUT2D eigenvalue weighted by Gasteiger charge is -2.48. The molecular weight excluding hydrogens is 337 g/mol. The molecule has 0 aliphatic carbocycles. The fourth-order valence-corrected chi connectivity index (χ4v) is 4.43. The average molecular weight is 355 g/mol. The molecule has 5 rings (SSSR count). The summed E-state index contributed by atoms with van der Waals surface area (Å²) in [6.45, 7) is 3.50. The molecule has 3 atom stereocenters. The number of nitrogens with zero attached hydrogens (tertiary/aromatic N) is 1. The van der Waals surface area contributed by atoms with Crippen molar-refractivity contribution >= 4 is 22.6 Å². The zero-order valence-corrected chi connectivity index (χ0v) is 12.5. The second-order valence-electron chi connectivity index (χ2n) is 5.82. The van der Waals surface area contributed by atoms with Crippen molar-refractivity contribution in [3.63, 3.8) is 0 Å². The second kappa shape index (κ2) is 4.46. The molecule has 4 heterocycles. The van der Waals surface area contributed by atoms with Gasteiger partial charge in [0.15, 0.2) is 0 Å². The lowest BCUT2D eigenvalue weighted by atomic mass is 9.76. The molecular formula is C15H18INO. The van der Waals surface area contributed by atoms with E-state index in [-0.39, 0.29) is 0 Å². The van der Waals surface area contributed by atoms with E-state index in [0.717, 1.165) is 12.5 Å². The first kappa shape index (κ1) is 11.7. The average Bonchev–Trinajstić information content (AvgIpc) is 2.88. The first-order valence-corrected chi connectivity index (χ1v) is 8.02. The summed E-state index contributed by atoms with van der Waals surface area (Å²) in [4.78, 5) is 2.68. The molecule has 4 aliphatic heterocycles. The van der Waals surface area contributed by atoms with Gasteiger partial charge in [-0.2, -0.15) is 0 Å². The molecule has 96 valence electrons. The Morgan fingerprint density at radius 3 is 2.56 bits per heavy atom. The van der Waals surface area contributed by atoms with Crippen molar-refractivity contribution in [1.29, 1.82) is 0 Å². The van der Waals surface area contributed by atoms with Crippen LogP contribution in [0.2, 0.25) is 0 Å². The molecule has 4 saturated heterocycles. The maximum atomic E-state index is 6.14. The van der Waals surface area contributed by atoms with Gasteiger partial charge in [0.2, 0.25) is 0 Å². The Balaban J connectivity index is 1.65. The number of rotatable bonds is 1. The summed E-state index contributed by atoms with van der Waals surface area (Å²) in [5.41, 5.74) is 1.47. The topological polar surface area (TPSA) is 12.5 Å². The highest BCUT2D eigenvalue weighted by atomic mass is 127. The van der Waals surface area contributed by atoms with Gasteiger partial charge in [-0.1, -0.05) is 12.1 Å². The van der Waals surface area contributed by atoms with Gasteiger partial charge in [0.25, 0.3) is 0 Å². The van der Waals surface area contributed by atoms with Gasteiger partial charge < -0.3 is 4.74 Å². The van der Waals surface area contributed by atoms with Crippen LogP contribution in [0.5, 0.6) is 0 Å². The van der Waals surface area contributed by atoms with Gasteiger partial charge in [0.05, 0.1) is 12.7 Å². The molecule has 4 fully saturated rings. The lowest BCUT2D eigenvalue weighted by molar-refractivity contribution is -0.0565. The van der Waals surface area contributed by atoms with Crippen molar-refractivity contribution in [2.75, 3.05) is 19.7 Å². The van der Waals surface area contributed by atoms with Crippen molar-refractivity contribution in [1.82, 2.24) is 4.90 Å². The Labute approximate surface area is 122 Å². The van der Waals surface area contributed by atoms with Crippen molar-refractivity contribution < 1.29 is 4.74 Å². The van der Waals surface area contributed by atoms with Gasteiger partial charge in [-0.25, -0.2) is 0 Å². The highest BCUT2D eigenvalue weighted by Gasteiger charge is 2.50. The second-order valence-corrected chi connectivity index (χ2v) is 7.07. The Bertz CT molecular complexity index is 438. The summed E-state index contributed by atoms with van der Waals surface area (Å²) in [5, 5.41) is 0. The summed E-state index contributed by atoms with van der Waals surface area (Å²) in [7, 11) is 0. The number of ether oxygens (including phenoxy) is 1. The minimum Gasteiger partial charge on any atom is -0.376 e. The highest BCUT2D eigenvalue weighted by Crippen LogP contribution is 2.44. The number of hydrogen-bond acceptors (Lipinski definition) is 2. The van der Waals surface area contributed by atoms with Crippen molar-refractivity contribution in [2.24, 2.45) is 5.92 Å². The summed E-state index contributed by atoms with van der Waals surface area (Å²) in [5.74, 6) is 1.42. The Morgan fingerprint density at radius 1 is 1.11 bits per heavy atom. The molecule has 18 heavy (non-hydrogen) atoms. The molecule has 0 radical (unpaired) electrons. The maximum Gasteiger partial charge on any atom is 0.0766 e. The third-order valence-corrected chi connectivity index (χ3v) is 5.69. The van der Waals surface area contributed by atoms with E-state index in [4.69, 9.17) is 4.74 Å². The van der Waals surface area contributed by atoms with E-state index in [1.54, 1.807) is 0 Å². The van der Waals surface area contributed by atoms with Gasteiger partial charge >= 0.3 is 0 Å². The molecule has 2 bridgehead atoms. The first-order valence-electron chi connectivity index (χ1n) is 6.94.